The van der Waals surface area contributed by atoms with Crippen LogP contribution in [0.15, 0.2) is 0 Å². The molecule has 0 amide bonds. The van der Waals surface area contributed by atoms with Gasteiger partial charge in [-0.3, -0.25) is 0 Å². The summed E-state index contributed by atoms with van der Waals surface area (Å²) in [5, 5.41) is 0.472. The average molecular weight is 117 g/mol. The molecular formula is C5H15NSi. The highest BCUT2D eigenvalue weighted by Gasteiger charge is 2.10. The maximum Gasteiger partial charge on any atom is 0.0276 e. The largest absolute Gasteiger partial charge is 0.308 e. The lowest BCUT2D eigenvalue weighted by atomic mass is 10.3. The summed E-state index contributed by atoms with van der Waals surface area (Å²) in [6.45, 7) is 4.50. The molecule has 0 aliphatic rings. The third-order valence-corrected chi connectivity index (χ3v) is 2.24. The molecule has 0 bridgehead atoms. The topological polar surface area (TPSA) is 3.24 Å². The molecule has 1 nitrogen and oxygen atoms in total. The van der Waals surface area contributed by atoms with Gasteiger partial charge in [-0.25, -0.2) is 0 Å². The summed E-state index contributed by atoms with van der Waals surface area (Å²) in [7, 11) is 5.47. The summed E-state index contributed by atoms with van der Waals surface area (Å²) < 4.78 is 0. The Hall–Kier alpha value is 0.177. The van der Waals surface area contributed by atoms with Gasteiger partial charge in [0, 0.05) is 10.2 Å². The van der Waals surface area contributed by atoms with E-state index in [4.69, 9.17) is 0 Å². The van der Waals surface area contributed by atoms with Crippen molar-refractivity contribution in [2.45, 2.75) is 19.0 Å². The smallest absolute Gasteiger partial charge is 0.0276 e. The molecule has 0 fully saturated rings. The van der Waals surface area contributed by atoms with E-state index >= 15 is 0 Å². The van der Waals surface area contributed by atoms with E-state index in [1.54, 1.807) is 0 Å². The van der Waals surface area contributed by atoms with E-state index in [9.17, 15) is 0 Å². The van der Waals surface area contributed by atoms with Gasteiger partial charge < -0.3 is 4.90 Å². The standard InChI is InChI=1S/C5H15NSi/c1-5(2,7)6(3)4/h1-4,7H3. The molecular weight excluding hydrogens is 102 g/mol. The normalized spacial score (nSPS) is 13.3. The van der Waals surface area contributed by atoms with Gasteiger partial charge in [0.1, 0.15) is 0 Å². The van der Waals surface area contributed by atoms with Gasteiger partial charge in [0.25, 0.3) is 0 Å². The summed E-state index contributed by atoms with van der Waals surface area (Å²) >= 11 is 0. The minimum Gasteiger partial charge on any atom is -0.308 e. The minimum absolute atomic E-state index is 0.472. The fourth-order valence-corrected chi connectivity index (χ4v) is 0. The molecule has 0 aliphatic heterocycles. The van der Waals surface area contributed by atoms with Gasteiger partial charge in [0.15, 0.2) is 0 Å². The molecule has 2 heteroatoms. The van der Waals surface area contributed by atoms with Crippen molar-refractivity contribution in [1.29, 1.82) is 0 Å². The summed E-state index contributed by atoms with van der Waals surface area (Å²) in [5.74, 6) is 0. The van der Waals surface area contributed by atoms with Crippen LogP contribution in [0.5, 0.6) is 0 Å². The van der Waals surface area contributed by atoms with E-state index in [0.29, 0.717) is 5.16 Å². The Morgan fingerprint density at radius 3 is 1.43 bits per heavy atom. The Kier molecular flexibility index (Phi) is 2.02. The predicted octanol–water partition coefficient (Wildman–Crippen LogP) is -0.351. The molecule has 0 spiro atoms. The van der Waals surface area contributed by atoms with Gasteiger partial charge in [0.05, 0.1) is 0 Å². The Morgan fingerprint density at radius 2 is 1.43 bits per heavy atom. The molecule has 0 N–H and O–H groups in total. The van der Waals surface area contributed by atoms with Gasteiger partial charge in [-0.1, -0.05) is 13.8 Å². The third-order valence-electron chi connectivity index (χ3n) is 1.34. The number of nitrogens with zero attached hydrogens (tertiary/aromatic N) is 1. The Labute approximate surface area is 49.1 Å². The molecule has 0 aromatic rings. The Morgan fingerprint density at radius 1 is 1.29 bits per heavy atom. The number of hydrogen-bond donors (Lipinski definition) is 0. The molecule has 0 atom stereocenters. The van der Waals surface area contributed by atoms with Crippen molar-refractivity contribution < 1.29 is 0 Å². The van der Waals surface area contributed by atoms with Crippen molar-refractivity contribution in [3.63, 3.8) is 0 Å². The lowest BCUT2D eigenvalue weighted by molar-refractivity contribution is 0.290. The van der Waals surface area contributed by atoms with Crippen LogP contribution in [0, 0.1) is 0 Å². The highest BCUT2D eigenvalue weighted by atomic mass is 28.1. The van der Waals surface area contributed by atoms with Crippen molar-refractivity contribution in [1.82, 2.24) is 4.90 Å². The van der Waals surface area contributed by atoms with Crippen molar-refractivity contribution in [2.75, 3.05) is 14.1 Å². The molecule has 0 radical (unpaired) electrons. The highest BCUT2D eigenvalue weighted by Crippen LogP contribution is 2.00. The van der Waals surface area contributed by atoms with Gasteiger partial charge >= 0.3 is 0 Å². The lowest BCUT2D eigenvalue weighted by Gasteiger charge is -2.27. The average Bonchev–Trinajstić information content (AvgIpc) is 1.31. The first-order valence-electron chi connectivity index (χ1n) is 2.62. The van der Waals surface area contributed by atoms with Gasteiger partial charge in [-0.05, 0) is 19.3 Å². The fraction of sp³-hybridized carbons (Fsp3) is 1.00. The summed E-state index contributed by atoms with van der Waals surface area (Å²) in [5.41, 5.74) is 0. The van der Waals surface area contributed by atoms with Crippen LogP contribution in [0.1, 0.15) is 13.8 Å². The SMILES string of the molecule is CN(C)C(C)(C)[SiH3]. The summed E-state index contributed by atoms with van der Waals surface area (Å²) in [4.78, 5) is 2.25. The first-order chi connectivity index (χ1) is 2.94. The van der Waals surface area contributed by atoms with Crippen LogP contribution in [0.25, 0.3) is 0 Å². The van der Waals surface area contributed by atoms with E-state index in [1.807, 2.05) is 0 Å². The highest BCUT2D eigenvalue weighted by molar-refractivity contribution is 6.14. The fourth-order valence-electron chi connectivity index (χ4n) is 0. The lowest BCUT2D eigenvalue weighted by Crippen LogP contribution is -2.38. The van der Waals surface area contributed by atoms with Crippen LogP contribution in [0.3, 0.4) is 0 Å². The van der Waals surface area contributed by atoms with Crippen molar-refractivity contribution in [2.24, 2.45) is 0 Å². The minimum atomic E-state index is 0.472. The molecule has 0 saturated heterocycles. The second kappa shape index (κ2) is 1.97. The first-order valence-corrected chi connectivity index (χ1v) is 3.62. The maximum absolute atomic E-state index is 2.25. The van der Waals surface area contributed by atoms with E-state index < -0.39 is 0 Å². The summed E-state index contributed by atoms with van der Waals surface area (Å²) in [6, 6.07) is 0. The zero-order chi connectivity index (χ0) is 6.08. The maximum atomic E-state index is 2.25. The van der Waals surface area contributed by atoms with Crippen LogP contribution in [-0.2, 0) is 0 Å². The second-order valence-electron chi connectivity index (χ2n) is 3.07. The Bertz CT molecular complexity index is 53.6. The van der Waals surface area contributed by atoms with Crippen LogP contribution in [0.4, 0.5) is 0 Å². The molecule has 0 aromatic heterocycles. The van der Waals surface area contributed by atoms with Crippen LogP contribution in [-0.4, -0.2) is 34.4 Å². The van der Waals surface area contributed by atoms with E-state index in [-0.39, 0.29) is 0 Å². The Balaban J connectivity index is 3.54. The van der Waals surface area contributed by atoms with Crippen LogP contribution >= 0.6 is 0 Å². The van der Waals surface area contributed by atoms with E-state index in [2.05, 4.69) is 32.8 Å². The van der Waals surface area contributed by atoms with Gasteiger partial charge in [-0.2, -0.15) is 0 Å². The van der Waals surface area contributed by atoms with E-state index in [1.165, 1.54) is 10.2 Å². The zero-order valence-electron chi connectivity index (χ0n) is 5.95. The van der Waals surface area contributed by atoms with Gasteiger partial charge in [0.2, 0.25) is 0 Å². The molecule has 7 heavy (non-hydrogen) atoms. The van der Waals surface area contributed by atoms with Crippen molar-refractivity contribution in [3.05, 3.63) is 0 Å². The number of rotatable bonds is 1. The predicted molar refractivity (Wildman–Crippen MR) is 37.7 cm³/mol. The van der Waals surface area contributed by atoms with Crippen LogP contribution < -0.4 is 0 Å². The monoisotopic (exact) mass is 117 g/mol. The van der Waals surface area contributed by atoms with Crippen molar-refractivity contribution in [3.8, 4) is 0 Å². The molecule has 0 saturated carbocycles. The first kappa shape index (κ1) is 7.18. The van der Waals surface area contributed by atoms with Crippen LogP contribution in [0.2, 0.25) is 0 Å². The number of hydrogen-bond acceptors (Lipinski definition) is 1. The third kappa shape index (κ3) is 2.82. The molecule has 0 aliphatic carbocycles. The molecule has 44 valence electrons. The van der Waals surface area contributed by atoms with E-state index in [0.717, 1.165) is 0 Å². The molecule has 0 unspecified atom stereocenters. The molecule has 0 aromatic carbocycles. The van der Waals surface area contributed by atoms with Gasteiger partial charge in [-0.15, -0.1) is 0 Å². The second-order valence-corrected chi connectivity index (χ2v) is 5.51. The van der Waals surface area contributed by atoms with Crippen molar-refractivity contribution >= 4 is 10.2 Å². The zero-order valence-corrected chi connectivity index (χ0v) is 7.95. The summed E-state index contributed by atoms with van der Waals surface area (Å²) in [6.07, 6.45) is 0. The molecule has 0 heterocycles. The molecule has 0 rings (SSSR count). The quantitative estimate of drug-likeness (QED) is 0.424.